The molecule has 2 atom stereocenters. The molecular formula is C10H15NS2. The quantitative estimate of drug-likeness (QED) is 0.828. The van der Waals surface area contributed by atoms with E-state index < -0.39 is 0 Å². The number of hydrogen-bond donors (Lipinski definition) is 1. The van der Waals surface area contributed by atoms with Crippen LogP contribution < -0.4 is 5.32 Å². The van der Waals surface area contributed by atoms with Crippen LogP contribution in [-0.4, -0.2) is 17.5 Å². The van der Waals surface area contributed by atoms with Gasteiger partial charge in [0.2, 0.25) is 0 Å². The second-order valence-electron chi connectivity index (χ2n) is 3.51. The molecule has 0 spiro atoms. The predicted octanol–water partition coefficient (Wildman–Crippen LogP) is 2.90. The van der Waals surface area contributed by atoms with Crippen molar-refractivity contribution < 1.29 is 0 Å². The smallest absolute Gasteiger partial charge is 0.0302 e. The third-order valence-electron chi connectivity index (χ3n) is 2.46. The van der Waals surface area contributed by atoms with Gasteiger partial charge in [-0.05, 0) is 41.5 Å². The molecule has 0 bridgehead atoms. The summed E-state index contributed by atoms with van der Waals surface area (Å²) in [5, 5.41) is 8.05. The van der Waals surface area contributed by atoms with Crippen molar-refractivity contribution in [3.63, 3.8) is 0 Å². The first kappa shape index (κ1) is 9.56. The average molecular weight is 213 g/mol. The van der Waals surface area contributed by atoms with Gasteiger partial charge in [0, 0.05) is 17.8 Å². The molecule has 0 aromatic carbocycles. The van der Waals surface area contributed by atoms with Crippen molar-refractivity contribution in [3.8, 4) is 0 Å². The monoisotopic (exact) mass is 213 g/mol. The van der Waals surface area contributed by atoms with Gasteiger partial charge in [-0.3, -0.25) is 0 Å². The Bertz CT molecular complexity index is 239. The third-order valence-corrected chi connectivity index (χ3v) is 4.32. The van der Waals surface area contributed by atoms with Crippen molar-refractivity contribution in [2.24, 2.45) is 0 Å². The van der Waals surface area contributed by atoms with Gasteiger partial charge in [-0.1, -0.05) is 0 Å². The first-order valence-electron chi connectivity index (χ1n) is 4.72. The van der Waals surface area contributed by atoms with Gasteiger partial charge in [0.15, 0.2) is 0 Å². The highest BCUT2D eigenvalue weighted by Gasteiger charge is 2.17. The molecule has 72 valence electrons. The van der Waals surface area contributed by atoms with Gasteiger partial charge in [0.05, 0.1) is 0 Å². The zero-order valence-corrected chi connectivity index (χ0v) is 9.46. The summed E-state index contributed by atoms with van der Waals surface area (Å²) < 4.78 is 0. The minimum Gasteiger partial charge on any atom is -0.307 e. The van der Waals surface area contributed by atoms with E-state index >= 15 is 0 Å². The summed E-state index contributed by atoms with van der Waals surface area (Å²) in [6.45, 7) is 2.26. The summed E-state index contributed by atoms with van der Waals surface area (Å²) in [5.74, 6) is 2.61. The number of rotatable bonds is 3. The van der Waals surface area contributed by atoms with Crippen molar-refractivity contribution in [1.82, 2.24) is 5.32 Å². The van der Waals surface area contributed by atoms with E-state index in [1.54, 1.807) is 11.3 Å². The number of thioether (sulfide) groups is 1. The molecule has 1 aromatic heterocycles. The number of hydrogen-bond acceptors (Lipinski definition) is 3. The minimum absolute atomic E-state index is 0.523. The Hall–Kier alpha value is 0.01000. The summed E-state index contributed by atoms with van der Waals surface area (Å²) in [6, 6.07) is 3.47. The summed E-state index contributed by atoms with van der Waals surface area (Å²) in [5.41, 5.74) is 1.43. The summed E-state index contributed by atoms with van der Waals surface area (Å²) in [4.78, 5) is 0. The van der Waals surface area contributed by atoms with E-state index in [0.717, 1.165) is 6.04 Å². The Morgan fingerprint density at radius 2 is 2.54 bits per heavy atom. The fraction of sp³-hybridized carbons (Fsp3) is 0.600. The van der Waals surface area contributed by atoms with Gasteiger partial charge in [-0.15, -0.1) is 0 Å². The van der Waals surface area contributed by atoms with Crippen molar-refractivity contribution in [2.75, 3.05) is 11.5 Å². The first-order valence-corrected chi connectivity index (χ1v) is 6.82. The van der Waals surface area contributed by atoms with Crippen molar-refractivity contribution in [1.29, 1.82) is 0 Å². The van der Waals surface area contributed by atoms with Gasteiger partial charge in [-0.25, -0.2) is 0 Å². The molecule has 1 nitrogen and oxygen atoms in total. The van der Waals surface area contributed by atoms with Crippen LogP contribution in [0, 0.1) is 0 Å². The highest BCUT2D eigenvalue weighted by atomic mass is 32.2. The second-order valence-corrected chi connectivity index (χ2v) is 5.44. The van der Waals surface area contributed by atoms with Crippen molar-refractivity contribution >= 4 is 23.1 Å². The van der Waals surface area contributed by atoms with E-state index in [1.807, 2.05) is 0 Å². The molecule has 1 saturated heterocycles. The highest BCUT2D eigenvalue weighted by molar-refractivity contribution is 7.99. The Labute approximate surface area is 87.9 Å². The molecule has 2 rings (SSSR count). The number of thiophene rings is 1. The first-order chi connectivity index (χ1) is 6.36. The van der Waals surface area contributed by atoms with Crippen LogP contribution in [0.2, 0.25) is 0 Å². The van der Waals surface area contributed by atoms with Gasteiger partial charge in [0.25, 0.3) is 0 Å². The summed E-state index contributed by atoms with van der Waals surface area (Å²) in [7, 11) is 0. The van der Waals surface area contributed by atoms with E-state index in [1.165, 1.54) is 23.5 Å². The topological polar surface area (TPSA) is 12.0 Å². The molecule has 1 fully saturated rings. The van der Waals surface area contributed by atoms with Gasteiger partial charge in [0.1, 0.15) is 0 Å². The Morgan fingerprint density at radius 1 is 1.62 bits per heavy atom. The normalized spacial score (nSPS) is 24.8. The van der Waals surface area contributed by atoms with Crippen LogP contribution in [0.4, 0.5) is 0 Å². The van der Waals surface area contributed by atoms with Crippen LogP contribution in [0.1, 0.15) is 24.9 Å². The molecule has 0 aliphatic carbocycles. The highest BCUT2D eigenvalue weighted by Crippen LogP contribution is 2.22. The largest absolute Gasteiger partial charge is 0.307 e. The lowest BCUT2D eigenvalue weighted by molar-refractivity contribution is 0.487. The van der Waals surface area contributed by atoms with Crippen LogP contribution in [0.15, 0.2) is 16.8 Å². The Morgan fingerprint density at radius 3 is 3.15 bits per heavy atom. The molecular weight excluding hydrogens is 198 g/mol. The maximum atomic E-state index is 3.67. The van der Waals surface area contributed by atoms with E-state index in [2.05, 4.69) is 40.8 Å². The van der Waals surface area contributed by atoms with E-state index in [4.69, 9.17) is 0 Å². The van der Waals surface area contributed by atoms with Crippen LogP contribution in [-0.2, 0) is 0 Å². The standard InChI is InChI=1S/C10H15NS2/c1-8(9-2-4-12-6-9)11-10-3-5-13-7-10/h2,4,6,8,10-11H,3,5,7H2,1H3. The van der Waals surface area contributed by atoms with E-state index in [-0.39, 0.29) is 0 Å². The van der Waals surface area contributed by atoms with Crippen LogP contribution in [0.5, 0.6) is 0 Å². The SMILES string of the molecule is CC(NC1CCSC1)c1ccsc1. The van der Waals surface area contributed by atoms with Crippen LogP contribution >= 0.6 is 23.1 Å². The minimum atomic E-state index is 0.523. The molecule has 2 heterocycles. The fourth-order valence-electron chi connectivity index (χ4n) is 1.64. The molecule has 13 heavy (non-hydrogen) atoms. The lowest BCUT2D eigenvalue weighted by atomic mass is 10.1. The summed E-state index contributed by atoms with van der Waals surface area (Å²) >= 11 is 3.84. The zero-order chi connectivity index (χ0) is 9.10. The third kappa shape index (κ3) is 2.48. The molecule has 1 aliphatic heterocycles. The second kappa shape index (κ2) is 4.49. The lowest BCUT2D eigenvalue weighted by Gasteiger charge is -2.17. The van der Waals surface area contributed by atoms with Crippen molar-refractivity contribution in [2.45, 2.75) is 25.4 Å². The molecule has 1 N–H and O–H groups in total. The maximum absolute atomic E-state index is 3.67. The van der Waals surface area contributed by atoms with Gasteiger partial charge in [-0.2, -0.15) is 23.1 Å². The Balaban J connectivity index is 1.87. The van der Waals surface area contributed by atoms with Crippen molar-refractivity contribution in [3.05, 3.63) is 22.4 Å². The van der Waals surface area contributed by atoms with Gasteiger partial charge < -0.3 is 5.32 Å². The molecule has 0 saturated carbocycles. The van der Waals surface area contributed by atoms with Crippen LogP contribution in [0.25, 0.3) is 0 Å². The average Bonchev–Trinajstić information content (AvgIpc) is 2.74. The summed E-state index contributed by atoms with van der Waals surface area (Å²) in [6.07, 6.45) is 1.33. The predicted molar refractivity (Wildman–Crippen MR) is 61.6 cm³/mol. The zero-order valence-electron chi connectivity index (χ0n) is 7.82. The van der Waals surface area contributed by atoms with Gasteiger partial charge >= 0.3 is 0 Å². The Kier molecular flexibility index (Phi) is 3.30. The van der Waals surface area contributed by atoms with E-state index in [0.29, 0.717) is 6.04 Å². The number of nitrogens with one attached hydrogen (secondary N) is 1. The van der Waals surface area contributed by atoms with E-state index in [9.17, 15) is 0 Å². The molecule has 1 aliphatic rings. The molecule has 1 aromatic rings. The lowest BCUT2D eigenvalue weighted by Crippen LogP contribution is -2.30. The molecule has 0 radical (unpaired) electrons. The maximum Gasteiger partial charge on any atom is 0.0302 e. The molecule has 0 amide bonds. The van der Waals surface area contributed by atoms with Crippen LogP contribution in [0.3, 0.4) is 0 Å². The fourth-order valence-corrected chi connectivity index (χ4v) is 3.56. The molecule has 3 heteroatoms. The molecule has 2 unspecified atom stereocenters.